The van der Waals surface area contributed by atoms with Crippen molar-refractivity contribution in [1.29, 1.82) is 0 Å². The lowest BCUT2D eigenvalue weighted by atomic mass is 10.4. The van der Waals surface area contributed by atoms with E-state index in [1.54, 1.807) is 18.2 Å². The average molecular weight is 254 g/mol. The van der Waals surface area contributed by atoms with Crippen molar-refractivity contribution in [2.45, 2.75) is 11.1 Å². The van der Waals surface area contributed by atoms with Crippen molar-refractivity contribution in [1.82, 2.24) is 0 Å². The van der Waals surface area contributed by atoms with E-state index in [0.717, 1.165) is 0 Å². The molecule has 0 bridgehead atoms. The largest absolute Gasteiger partial charge is 0.409 e. The Bertz CT molecular complexity index is 423. The molecular formula is C9H9F3O3S. The van der Waals surface area contributed by atoms with Gasteiger partial charge in [-0.25, -0.2) is 0 Å². The minimum atomic E-state index is -4.19. The van der Waals surface area contributed by atoms with Crippen LogP contribution in [0.4, 0.5) is 13.2 Å². The molecule has 0 radical (unpaired) electrons. The van der Waals surface area contributed by atoms with Crippen molar-refractivity contribution in [3.63, 3.8) is 0 Å². The maximum absolute atomic E-state index is 10.7. The van der Waals surface area contributed by atoms with Crippen molar-refractivity contribution in [3.8, 4) is 0 Å². The molecule has 0 saturated heterocycles. The standard InChI is InChI=1S/C6H6O3S.C3H3F3/c7-10(8,9)6-4-2-1-3-5-6;1-2-3(4,5)6/h1-5H,(H,7,8,9);2H,1H2. The van der Waals surface area contributed by atoms with E-state index in [-0.39, 0.29) is 11.0 Å². The first kappa shape index (κ1) is 14.7. The van der Waals surface area contributed by atoms with Gasteiger partial charge < -0.3 is 0 Å². The Kier molecular flexibility index (Phi) is 5.19. The Morgan fingerprint density at radius 1 is 1.19 bits per heavy atom. The molecule has 1 aromatic rings. The van der Waals surface area contributed by atoms with Crippen molar-refractivity contribution in [2.75, 3.05) is 0 Å². The van der Waals surface area contributed by atoms with Gasteiger partial charge in [-0.3, -0.25) is 4.55 Å². The molecule has 0 aliphatic heterocycles. The van der Waals surface area contributed by atoms with Gasteiger partial charge in [-0.2, -0.15) is 21.6 Å². The molecule has 1 rings (SSSR count). The average Bonchev–Trinajstić information content (AvgIpc) is 2.18. The minimum absolute atomic E-state index is 0.0625. The van der Waals surface area contributed by atoms with E-state index in [9.17, 15) is 21.6 Å². The summed E-state index contributed by atoms with van der Waals surface area (Å²) in [4.78, 5) is -0.0741. The lowest BCUT2D eigenvalue weighted by molar-refractivity contribution is -0.0795. The fraction of sp³-hybridized carbons (Fsp3) is 0.111. The summed E-state index contributed by atoms with van der Waals surface area (Å²) < 4.78 is 61.2. The molecule has 3 nitrogen and oxygen atoms in total. The number of hydrogen-bond acceptors (Lipinski definition) is 2. The fourth-order valence-electron chi connectivity index (χ4n) is 0.592. The van der Waals surface area contributed by atoms with Crippen LogP contribution in [0.2, 0.25) is 0 Å². The molecule has 0 aliphatic rings. The van der Waals surface area contributed by atoms with Crippen LogP contribution < -0.4 is 0 Å². The summed E-state index contributed by atoms with van der Waals surface area (Å²) in [5, 5.41) is 0. The van der Waals surface area contributed by atoms with Gasteiger partial charge in [0.2, 0.25) is 0 Å². The summed E-state index contributed by atoms with van der Waals surface area (Å²) in [6.45, 7) is 2.51. The first-order valence-corrected chi connectivity index (χ1v) is 5.33. The van der Waals surface area contributed by atoms with Crippen LogP contribution in [0.15, 0.2) is 47.9 Å². The topological polar surface area (TPSA) is 54.4 Å². The van der Waals surface area contributed by atoms with Crippen LogP contribution in [0.1, 0.15) is 0 Å². The predicted molar refractivity (Wildman–Crippen MR) is 52.5 cm³/mol. The second-order valence-corrected chi connectivity index (χ2v) is 3.96. The highest BCUT2D eigenvalue weighted by atomic mass is 32.2. The van der Waals surface area contributed by atoms with Crippen molar-refractivity contribution < 1.29 is 26.1 Å². The first-order valence-electron chi connectivity index (χ1n) is 3.89. The summed E-state index contributed by atoms with van der Waals surface area (Å²) in [7, 11) is -4.00. The van der Waals surface area contributed by atoms with E-state index in [2.05, 4.69) is 6.58 Å². The number of hydrogen-bond donors (Lipinski definition) is 1. The van der Waals surface area contributed by atoms with Gasteiger partial charge in [0, 0.05) is 6.08 Å². The van der Waals surface area contributed by atoms with Crippen LogP contribution in [0.5, 0.6) is 0 Å². The number of benzene rings is 1. The second-order valence-electron chi connectivity index (χ2n) is 2.53. The SMILES string of the molecule is C=CC(F)(F)F.O=S(=O)(O)c1ccccc1. The van der Waals surface area contributed by atoms with E-state index in [0.29, 0.717) is 0 Å². The van der Waals surface area contributed by atoms with Crippen LogP contribution in [-0.4, -0.2) is 19.1 Å². The Hall–Kier alpha value is -1.34. The highest BCUT2D eigenvalue weighted by Gasteiger charge is 2.19. The summed E-state index contributed by atoms with van der Waals surface area (Å²) in [6.07, 6.45) is -4.26. The number of halogens is 3. The van der Waals surface area contributed by atoms with Crippen molar-refractivity contribution in [2.24, 2.45) is 0 Å². The van der Waals surface area contributed by atoms with Crippen LogP contribution in [0, 0.1) is 0 Å². The number of alkyl halides is 3. The Morgan fingerprint density at radius 3 is 1.75 bits per heavy atom. The highest BCUT2D eigenvalue weighted by molar-refractivity contribution is 7.85. The zero-order valence-electron chi connectivity index (χ0n) is 7.98. The normalized spacial score (nSPS) is 11.2. The smallest absolute Gasteiger partial charge is 0.282 e. The third-order valence-corrected chi connectivity index (χ3v) is 2.14. The van der Waals surface area contributed by atoms with Gasteiger partial charge in [0.25, 0.3) is 10.1 Å². The van der Waals surface area contributed by atoms with Gasteiger partial charge in [0.15, 0.2) is 0 Å². The molecule has 0 saturated carbocycles. The highest BCUT2D eigenvalue weighted by Crippen LogP contribution is 2.13. The van der Waals surface area contributed by atoms with E-state index < -0.39 is 16.3 Å². The van der Waals surface area contributed by atoms with Crippen molar-refractivity contribution in [3.05, 3.63) is 43.0 Å². The number of allylic oxidation sites excluding steroid dienone is 1. The van der Waals surface area contributed by atoms with Gasteiger partial charge >= 0.3 is 6.18 Å². The molecule has 0 fully saturated rings. The molecule has 0 atom stereocenters. The third-order valence-electron chi connectivity index (χ3n) is 1.27. The maximum atomic E-state index is 10.7. The lowest BCUT2D eigenvalue weighted by Gasteiger charge is -1.92. The van der Waals surface area contributed by atoms with Gasteiger partial charge in [-0.05, 0) is 12.1 Å². The van der Waals surface area contributed by atoms with Gasteiger partial charge in [-0.15, -0.1) is 0 Å². The summed E-state index contributed by atoms with van der Waals surface area (Å²) >= 11 is 0. The molecule has 0 unspecified atom stereocenters. The molecule has 0 spiro atoms. The van der Waals surface area contributed by atoms with Crippen LogP contribution in [-0.2, 0) is 10.1 Å². The van der Waals surface area contributed by atoms with E-state index in [1.165, 1.54) is 12.1 Å². The monoisotopic (exact) mass is 254 g/mol. The third kappa shape index (κ3) is 7.02. The molecule has 1 aromatic carbocycles. The molecule has 0 heterocycles. The second kappa shape index (κ2) is 5.66. The Balaban J connectivity index is 0.000000325. The first-order chi connectivity index (χ1) is 7.17. The van der Waals surface area contributed by atoms with Crippen LogP contribution >= 0.6 is 0 Å². The molecule has 0 amide bonds. The fourth-order valence-corrected chi connectivity index (χ4v) is 1.09. The van der Waals surface area contributed by atoms with Crippen LogP contribution in [0.3, 0.4) is 0 Å². The molecule has 16 heavy (non-hydrogen) atoms. The Labute approximate surface area is 91.0 Å². The molecule has 1 N–H and O–H groups in total. The summed E-state index contributed by atoms with van der Waals surface area (Å²) in [5.41, 5.74) is 0. The zero-order chi connectivity index (χ0) is 12.8. The molecule has 0 aromatic heterocycles. The van der Waals surface area contributed by atoms with E-state index in [4.69, 9.17) is 4.55 Å². The van der Waals surface area contributed by atoms with Crippen LogP contribution in [0.25, 0.3) is 0 Å². The summed E-state index contributed by atoms with van der Waals surface area (Å²) in [6, 6.07) is 7.42. The maximum Gasteiger partial charge on any atom is 0.409 e. The Morgan fingerprint density at radius 2 is 1.56 bits per heavy atom. The molecule has 0 aliphatic carbocycles. The van der Waals surface area contributed by atoms with Crippen molar-refractivity contribution >= 4 is 10.1 Å². The van der Waals surface area contributed by atoms with Gasteiger partial charge in [0.05, 0.1) is 4.90 Å². The minimum Gasteiger partial charge on any atom is -0.282 e. The molecule has 90 valence electrons. The van der Waals surface area contributed by atoms with Gasteiger partial charge in [-0.1, -0.05) is 24.8 Å². The summed E-state index contributed by atoms with van der Waals surface area (Å²) in [5.74, 6) is 0. The van der Waals surface area contributed by atoms with E-state index >= 15 is 0 Å². The zero-order valence-corrected chi connectivity index (χ0v) is 8.79. The quantitative estimate of drug-likeness (QED) is 0.619. The molecular weight excluding hydrogens is 245 g/mol. The van der Waals surface area contributed by atoms with E-state index in [1.807, 2.05) is 0 Å². The lowest BCUT2D eigenvalue weighted by Crippen LogP contribution is -1.98. The van der Waals surface area contributed by atoms with Gasteiger partial charge in [0.1, 0.15) is 0 Å². The predicted octanol–water partition coefficient (Wildman–Crippen LogP) is 2.67. The molecule has 7 heteroatoms. The number of rotatable bonds is 1.